The van der Waals surface area contributed by atoms with E-state index in [1.165, 1.54) is 38.5 Å². The summed E-state index contributed by atoms with van der Waals surface area (Å²) >= 11 is 0. The highest BCUT2D eigenvalue weighted by molar-refractivity contribution is 5.88. The molecule has 0 aromatic carbocycles. The van der Waals surface area contributed by atoms with E-state index >= 15 is 0 Å². The fourth-order valence-corrected chi connectivity index (χ4v) is 3.93. The zero-order valence-electron chi connectivity index (χ0n) is 14.9. The number of nitrogens with one attached hydrogen (secondary N) is 1. The highest BCUT2D eigenvalue weighted by Crippen LogP contribution is 2.30. The van der Waals surface area contributed by atoms with Crippen LogP contribution in [0.5, 0.6) is 0 Å². The molecule has 2 amide bonds. The van der Waals surface area contributed by atoms with Crippen molar-refractivity contribution in [3.63, 3.8) is 0 Å². The Morgan fingerprint density at radius 3 is 2.79 bits per heavy atom. The molecule has 1 aliphatic heterocycles. The lowest BCUT2D eigenvalue weighted by molar-refractivity contribution is 0.211. The fourth-order valence-electron chi connectivity index (χ4n) is 3.93. The maximum absolute atomic E-state index is 12.7. The SMILES string of the molecule is CCCN1CCCN(C(=O)Nc2ccnn2C2CCCCC2)CC1. The molecule has 2 aliphatic rings. The summed E-state index contributed by atoms with van der Waals surface area (Å²) in [6, 6.07) is 2.38. The molecule has 1 aliphatic carbocycles. The summed E-state index contributed by atoms with van der Waals surface area (Å²) in [4.78, 5) is 17.1. The summed E-state index contributed by atoms with van der Waals surface area (Å²) in [5.74, 6) is 0.849. The third kappa shape index (κ3) is 4.29. The summed E-state index contributed by atoms with van der Waals surface area (Å²) in [6.45, 7) is 7.06. The highest BCUT2D eigenvalue weighted by Gasteiger charge is 2.22. The van der Waals surface area contributed by atoms with Crippen molar-refractivity contribution in [1.82, 2.24) is 19.6 Å². The van der Waals surface area contributed by atoms with Crippen LogP contribution >= 0.6 is 0 Å². The van der Waals surface area contributed by atoms with Crippen LogP contribution in [0.2, 0.25) is 0 Å². The van der Waals surface area contributed by atoms with Gasteiger partial charge in [-0.1, -0.05) is 26.2 Å². The topological polar surface area (TPSA) is 53.4 Å². The lowest BCUT2D eigenvalue weighted by Crippen LogP contribution is -2.38. The Morgan fingerprint density at radius 1 is 1.17 bits per heavy atom. The molecule has 2 fully saturated rings. The zero-order valence-corrected chi connectivity index (χ0v) is 14.9. The van der Waals surface area contributed by atoms with Crippen LogP contribution in [-0.2, 0) is 0 Å². The summed E-state index contributed by atoms with van der Waals surface area (Å²) < 4.78 is 2.03. The number of anilines is 1. The number of rotatable bonds is 4. The van der Waals surface area contributed by atoms with Crippen LogP contribution in [0.1, 0.15) is 57.9 Å². The van der Waals surface area contributed by atoms with Gasteiger partial charge in [0.05, 0.1) is 12.2 Å². The van der Waals surface area contributed by atoms with E-state index in [9.17, 15) is 4.79 Å². The number of carbonyl (C=O) groups excluding carboxylic acids is 1. The fraction of sp³-hybridized carbons (Fsp3) is 0.778. The molecule has 2 heterocycles. The number of aromatic nitrogens is 2. The second kappa shape index (κ2) is 8.51. The van der Waals surface area contributed by atoms with Crippen LogP contribution in [0, 0.1) is 0 Å². The molecule has 0 unspecified atom stereocenters. The Bertz CT molecular complexity index is 523. The number of carbonyl (C=O) groups is 1. The molecule has 0 radical (unpaired) electrons. The highest BCUT2D eigenvalue weighted by atomic mass is 16.2. The van der Waals surface area contributed by atoms with Crippen molar-refractivity contribution >= 4 is 11.8 Å². The Morgan fingerprint density at radius 2 is 2.00 bits per heavy atom. The molecule has 24 heavy (non-hydrogen) atoms. The quantitative estimate of drug-likeness (QED) is 0.919. The molecule has 3 rings (SSSR count). The lowest BCUT2D eigenvalue weighted by Gasteiger charge is -2.25. The Hall–Kier alpha value is -1.56. The van der Waals surface area contributed by atoms with Gasteiger partial charge in [0.15, 0.2) is 0 Å². The van der Waals surface area contributed by atoms with Gasteiger partial charge < -0.3 is 9.80 Å². The van der Waals surface area contributed by atoms with Crippen LogP contribution in [0.4, 0.5) is 10.6 Å². The van der Waals surface area contributed by atoms with E-state index in [2.05, 4.69) is 22.2 Å². The van der Waals surface area contributed by atoms with Crippen LogP contribution in [0.3, 0.4) is 0 Å². The van der Waals surface area contributed by atoms with Crippen LogP contribution in [-0.4, -0.2) is 58.3 Å². The Kier molecular flexibility index (Phi) is 6.12. The van der Waals surface area contributed by atoms with Crippen molar-refractivity contribution in [2.45, 2.75) is 57.9 Å². The van der Waals surface area contributed by atoms with Gasteiger partial charge in [0.25, 0.3) is 0 Å². The molecule has 1 aromatic rings. The van der Waals surface area contributed by atoms with Gasteiger partial charge >= 0.3 is 6.03 Å². The van der Waals surface area contributed by atoms with Crippen molar-refractivity contribution in [3.8, 4) is 0 Å². The third-order valence-electron chi connectivity index (χ3n) is 5.24. The molecule has 6 nitrogen and oxygen atoms in total. The van der Waals surface area contributed by atoms with E-state index in [0.29, 0.717) is 6.04 Å². The molecule has 1 aromatic heterocycles. The smallest absolute Gasteiger partial charge is 0.323 e. The van der Waals surface area contributed by atoms with Crippen molar-refractivity contribution < 1.29 is 4.79 Å². The number of urea groups is 1. The van der Waals surface area contributed by atoms with Gasteiger partial charge in [0.2, 0.25) is 0 Å². The monoisotopic (exact) mass is 333 g/mol. The van der Waals surface area contributed by atoms with Gasteiger partial charge in [-0.3, -0.25) is 5.32 Å². The first-order valence-electron chi connectivity index (χ1n) is 9.59. The first-order chi connectivity index (χ1) is 11.8. The minimum absolute atomic E-state index is 0.0194. The zero-order chi connectivity index (χ0) is 16.8. The molecule has 0 spiro atoms. The molecule has 1 saturated heterocycles. The number of nitrogens with zero attached hydrogens (tertiary/aromatic N) is 4. The normalized spacial score (nSPS) is 20.8. The second-order valence-electron chi connectivity index (χ2n) is 7.07. The first kappa shape index (κ1) is 17.3. The maximum Gasteiger partial charge on any atom is 0.323 e. The predicted molar refractivity (Wildman–Crippen MR) is 96.3 cm³/mol. The van der Waals surface area contributed by atoms with E-state index in [-0.39, 0.29) is 6.03 Å². The molecule has 0 atom stereocenters. The second-order valence-corrected chi connectivity index (χ2v) is 7.07. The summed E-state index contributed by atoms with van der Waals surface area (Å²) in [5, 5.41) is 7.57. The number of hydrogen-bond donors (Lipinski definition) is 1. The van der Waals surface area contributed by atoms with Crippen LogP contribution in [0.15, 0.2) is 12.3 Å². The lowest BCUT2D eigenvalue weighted by atomic mass is 9.96. The minimum atomic E-state index is 0.0194. The number of hydrogen-bond acceptors (Lipinski definition) is 3. The van der Waals surface area contributed by atoms with Crippen molar-refractivity contribution in [3.05, 3.63) is 12.3 Å². The van der Waals surface area contributed by atoms with E-state index in [1.54, 1.807) is 6.20 Å². The van der Waals surface area contributed by atoms with Crippen molar-refractivity contribution in [2.24, 2.45) is 0 Å². The van der Waals surface area contributed by atoms with Crippen molar-refractivity contribution in [2.75, 3.05) is 38.0 Å². The van der Waals surface area contributed by atoms with E-state index < -0.39 is 0 Å². The minimum Gasteiger partial charge on any atom is -0.323 e. The maximum atomic E-state index is 12.7. The van der Waals surface area contributed by atoms with Gasteiger partial charge in [-0.05, 0) is 38.8 Å². The van der Waals surface area contributed by atoms with Gasteiger partial charge in [0, 0.05) is 25.7 Å². The summed E-state index contributed by atoms with van der Waals surface area (Å²) in [6.07, 6.45) is 10.2. The molecular weight excluding hydrogens is 302 g/mol. The average molecular weight is 333 g/mol. The molecule has 134 valence electrons. The van der Waals surface area contributed by atoms with Gasteiger partial charge in [-0.15, -0.1) is 0 Å². The summed E-state index contributed by atoms with van der Waals surface area (Å²) in [5.41, 5.74) is 0. The molecule has 1 N–H and O–H groups in total. The number of amides is 2. The molecule has 0 bridgehead atoms. The van der Waals surface area contributed by atoms with Crippen LogP contribution in [0.25, 0.3) is 0 Å². The Balaban J connectivity index is 1.58. The first-order valence-corrected chi connectivity index (χ1v) is 9.59. The predicted octanol–water partition coefficient (Wildman–Crippen LogP) is 3.34. The summed E-state index contributed by atoms with van der Waals surface area (Å²) in [7, 11) is 0. The largest absolute Gasteiger partial charge is 0.323 e. The van der Waals surface area contributed by atoms with Crippen molar-refractivity contribution in [1.29, 1.82) is 0 Å². The Labute approximate surface area is 145 Å². The molecule has 1 saturated carbocycles. The van der Waals surface area contributed by atoms with Gasteiger partial charge in [-0.25, -0.2) is 9.48 Å². The van der Waals surface area contributed by atoms with Crippen LogP contribution < -0.4 is 5.32 Å². The molecule has 6 heteroatoms. The third-order valence-corrected chi connectivity index (χ3v) is 5.24. The molecular formula is C18H31N5O. The van der Waals surface area contributed by atoms with E-state index in [1.807, 2.05) is 15.6 Å². The van der Waals surface area contributed by atoms with E-state index in [4.69, 9.17) is 0 Å². The average Bonchev–Trinajstić information content (AvgIpc) is 2.93. The van der Waals surface area contributed by atoms with Gasteiger partial charge in [-0.2, -0.15) is 5.10 Å². The van der Waals surface area contributed by atoms with E-state index in [0.717, 1.165) is 45.0 Å². The standard InChI is InChI=1S/C18H31N5O/c1-2-11-21-12-6-13-22(15-14-21)18(24)20-17-9-10-19-23(17)16-7-4-3-5-8-16/h9-10,16H,2-8,11-15H2,1H3,(H,20,24). The van der Waals surface area contributed by atoms with Gasteiger partial charge in [0.1, 0.15) is 5.82 Å².